The minimum Gasteiger partial charge on any atom is -0.325 e. The smallest absolute Gasteiger partial charge is 0.255 e. The SMILES string of the molecule is CCN(CC)CC(=O)Nc1ccc(NC(=O)c2ccc(C(C)(C)C)cc2)cc1C. The van der Waals surface area contributed by atoms with E-state index in [9.17, 15) is 9.59 Å². The number of hydrogen-bond acceptors (Lipinski definition) is 3. The Morgan fingerprint density at radius 2 is 1.55 bits per heavy atom. The molecule has 0 heterocycles. The number of carbonyl (C=O) groups is 2. The molecule has 5 nitrogen and oxygen atoms in total. The molecule has 0 aliphatic rings. The third-order valence-corrected chi connectivity index (χ3v) is 5.03. The third-order valence-electron chi connectivity index (χ3n) is 5.03. The lowest BCUT2D eigenvalue weighted by molar-refractivity contribution is -0.117. The van der Waals surface area contributed by atoms with E-state index in [1.165, 1.54) is 5.56 Å². The van der Waals surface area contributed by atoms with E-state index in [1.54, 1.807) is 6.07 Å². The largest absolute Gasteiger partial charge is 0.325 e. The first-order valence-corrected chi connectivity index (χ1v) is 10.2. The molecule has 0 atom stereocenters. The van der Waals surface area contributed by atoms with Crippen LogP contribution < -0.4 is 10.6 Å². The second kappa shape index (κ2) is 9.70. The van der Waals surface area contributed by atoms with Crippen molar-refractivity contribution in [2.24, 2.45) is 0 Å². The van der Waals surface area contributed by atoms with Crippen molar-refractivity contribution >= 4 is 23.2 Å². The molecule has 2 rings (SSSR count). The monoisotopic (exact) mass is 395 g/mol. The van der Waals surface area contributed by atoms with Crippen LogP contribution in [0.5, 0.6) is 0 Å². The molecule has 0 spiro atoms. The molecular formula is C24H33N3O2. The fraction of sp³-hybridized carbons (Fsp3) is 0.417. The van der Waals surface area contributed by atoms with E-state index in [4.69, 9.17) is 0 Å². The zero-order chi connectivity index (χ0) is 21.6. The number of nitrogens with zero attached hydrogens (tertiary/aromatic N) is 1. The summed E-state index contributed by atoms with van der Waals surface area (Å²) in [5, 5.41) is 5.88. The summed E-state index contributed by atoms with van der Waals surface area (Å²) in [6, 6.07) is 13.2. The fourth-order valence-corrected chi connectivity index (χ4v) is 3.05. The molecule has 0 saturated carbocycles. The molecule has 0 bridgehead atoms. The summed E-state index contributed by atoms with van der Waals surface area (Å²) in [7, 11) is 0. The van der Waals surface area contributed by atoms with E-state index in [2.05, 4.69) is 36.3 Å². The molecule has 5 heteroatoms. The van der Waals surface area contributed by atoms with Crippen LogP contribution in [-0.4, -0.2) is 36.3 Å². The van der Waals surface area contributed by atoms with E-state index < -0.39 is 0 Å². The second-order valence-electron chi connectivity index (χ2n) is 8.32. The summed E-state index contributed by atoms with van der Waals surface area (Å²) in [5.74, 6) is -0.185. The predicted octanol–water partition coefficient (Wildman–Crippen LogP) is 4.83. The molecule has 29 heavy (non-hydrogen) atoms. The maximum Gasteiger partial charge on any atom is 0.255 e. The molecule has 0 aliphatic heterocycles. The first-order chi connectivity index (χ1) is 13.6. The Bertz CT molecular complexity index is 847. The second-order valence-corrected chi connectivity index (χ2v) is 8.32. The normalized spacial score (nSPS) is 11.4. The first-order valence-electron chi connectivity index (χ1n) is 10.2. The number of aryl methyl sites for hydroxylation is 1. The van der Waals surface area contributed by atoms with Crippen LogP contribution >= 0.6 is 0 Å². The Labute approximate surface area is 174 Å². The molecule has 0 aliphatic carbocycles. The standard InChI is InChI=1S/C24H33N3O2/c1-7-27(8-2)16-22(28)26-21-14-13-20(15-17(21)3)25-23(29)18-9-11-19(12-10-18)24(4,5)6/h9-15H,7-8,16H2,1-6H3,(H,25,29)(H,26,28). The zero-order valence-corrected chi connectivity index (χ0v) is 18.4. The van der Waals surface area contributed by atoms with Crippen molar-refractivity contribution in [2.45, 2.75) is 47.0 Å². The number of anilines is 2. The highest BCUT2D eigenvalue weighted by Crippen LogP contribution is 2.23. The van der Waals surface area contributed by atoms with Gasteiger partial charge in [0.25, 0.3) is 5.91 Å². The Balaban J connectivity index is 2.02. The van der Waals surface area contributed by atoms with Crippen LogP contribution in [-0.2, 0) is 10.2 Å². The van der Waals surface area contributed by atoms with Gasteiger partial charge in [-0.3, -0.25) is 14.5 Å². The number of likely N-dealkylation sites (N-methyl/N-ethyl adjacent to an activating group) is 1. The van der Waals surface area contributed by atoms with Crippen LogP contribution in [0.4, 0.5) is 11.4 Å². The molecule has 0 saturated heterocycles. The highest BCUT2D eigenvalue weighted by Gasteiger charge is 2.15. The van der Waals surface area contributed by atoms with E-state index in [1.807, 2.05) is 57.2 Å². The molecular weight excluding hydrogens is 362 g/mol. The quantitative estimate of drug-likeness (QED) is 0.706. The van der Waals surface area contributed by atoms with Gasteiger partial charge in [-0.1, -0.05) is 46.8 Å². The van der Waals surface area contributed by atoms with Gasteiger partial charge in [-0.15, -0.1) is 0 Å². The molecule has 0 aromatic heterocycles. The van der Waals surface area contributed by atoms with Gasteiger partial charge in [0.2, 0.25) is 5.91 Å². The lowest BCUT2D eigenvalue weighted by atomic mass is 9.87. The minimum atomic E-state index is -0.150. The summed E-state index contributed by atoms with van der Waals surface area (Å²) in [4.78, 5) is 26.8. The van der Waals surface area contributed by atoms with Gasteiger partial charge in [0.15, 0.2) is 0 Å². The van der Waals surface area contributed by atoms with Gasteiger partial charge in [-0.25, -0.2) is 0 Å². The van der Waals surface area contributed by atoms with Crippen LogP contribution in [0, 0.1) is 6.92 Å². The van der Waals surface area contributed by atoms with Crippen molar-refractivity contribution in [3.63, 3.8) is 0 Å². The van der Waals surface area contributed by atoms with Crippen LogP contribution in [0.15, 0.2) is 42.5 Å². The Morgan fingerprint density at radius 3 is 2.07 bits per heavy atom. The van der Waals surface area contributed by atoms with Crippen molar-refractivity contribution in [3.8, 4) is 0 Å². The number of benzene rings is 2. The molecule has 2 aromatic rings. The maximum atomic E-state index is 12.6. The Kier molecular flexibility index (Phi) is 7.57. The van der Waals surface area contributed by atoms with Crippen molar-refractivity contribution in [2.75, 3.05) is 30.3 Å². The van der Waals surface area contributed by atoms with Gasteiger partial charge in [0.05, 0.1) is 6.54 Å². The van der Waals surface area contributed by atoms with Crippen LogP contribution in [0.25, 0.3) is 0 Å². The van der Waals surface area contributed by atoms with Crippen molar-refractivity contribution in [1.29, 1.82) is 0 Å². The fourth-order valence-electron chi connectivity index (χ4n) is 3.05. The summed E-state index contributed by atoms with van der Waals surface area (Å²) in [5.41, 5.74) is 4.22. The van der Waals surface area contributed by atoms with Gasteiger partial charge in [0.1, 0.15) is 0 Å². The molecule has 2 amide bonds. The average molecular weight is 396 g/mol. The predicted molar refractivity (Wildman–Crippen MR) is 121 cm³/mol. The van der Waals surface area contributed by atoms with Crippen LogP contribution in [0.2, 0.25) is 0 Å². The summed E-state index contributed by atoms with van der Waals surface area (Å²) >= 11 is 0. The Morgan fingerprint density at radius 1 is 0.931 bits per heavy atom. The van der Waals surface area contributed by atoms with Crippen molar-refractivity contribution < 1.29 is 9.59 Å². The van der Waals surface area contributed by atoms with E-state index in [0.717, 1.165) is 24.3 Å². The molecule has 0 radical (unpaired) electrons. The van der Waals surface area contributed by atoms with Gasteiger partial charge in [0, 0.05) is 16.9 Å². The number of carbonyl (C=O) groups excluding carboxylic acids is 2. The van der Waals surface area contributed by atoms with Crippen LogP contribution in [0.3, 0.4) is 0 Å². The zero-order valence-electron chi connectivity index (χ0n) is 18.4. The molecule has 156 valence electrons. The first kappa shape index (κ1) is 22.6. The minimum absolute atomic E-state index is 0.0347. The van der Waals surface area contributed by atoms with Gasteiger partial charge in [-0.2, -0.15) is 0 Å². The number of nitrogens with one attached hydrogen (secondary N) is 2. The Hall–Kier alpha value is -2.66. The van der Waals surface area contributed by atoms with E-state index >= 15 is 0 Å². The van der Waals surface area contributed by atoms with E-state index in [0.29, 0.717) is 17.8 Å². The van der Waals surface area contributed by atoms with Crippen LogP contribution in [0.1, 0.15) is 56.1 Å². The van der Waals surface area contributed by atoms with Gasteiger partial charge in [-0.05, 0) is 66.9 Å². The summed E-state index contributed by atoms with van der Waals surface area (Å²) < 4.78 is 0. The average Bonchev–Trinajstić information content (AvgIpc) is 2.67. The van der Waals surface area contributed by atoms with Gasteiger partial charge >= 0.3 is 0 Å². The number of rotatable bonds is 7. The van der Waals surface area contributed by atoms with E-state index in [-0.39, 0.29) is 17.2 Å². The highest BCUT2D eigenvalue weighted by atomic mass is 16.2. The topological polar surface area (TPSA) is 61.4 Å². The molecule has 2 aromatic carbocycles. The number of amides is 2. The van der Waals surface area contributed by atoms with Crippen molar-refractivity contribution in [1.82, 2.24) is 4.90 Å². The molecule has 2 N–H and O–H groups in total. The molecule has 0 unspecified atom stereocenters. The van der Waals surface area contributed by atoms with Gasteiger partial charge < -0.3 is 10.6 Å². The number of hydrogen-bond donors (Lipinski definition) is 2. The maximum absolute atomic E-state index is 12.6. The summed E-state index contributed by atoms with van der Waals surface area (Å²) in [6.45, 7) is 14.5. The van der Waals surface area contributed by atoms with Crippen molar-refractivity contribution in [3.05, 3.63) is 59.2 Å². The highest BCUT2D eigenvalue weighted by molar-refractivity contribution is 6.04. The summed E-state index contributed by atoms with van der Waals surface area (Å²) in [6.07, 6.45) is 0. The lowest BCUT2D eigenvalue weighted by Gasteiger charge is -2.19. The third kappa shape index (κ3) is 6.43. The molecule has 0 fully saturated rings. The lowest BCUT2D eigenvalue weighted by Crippen LogP contribution is -2.33.